The molecule has 0 radical (unpaired) electrons. The number of nitrogens with zero attached hydrogens (tertiary/aromatic N) is 2. The molecule has 15 heavy (non-hydrogen) atoms. The Morgan fingerprint density at radius 3 is 3.13 bits per heavy atom. The van der Waals surface area contributed by atoms with Crippen LogP contribution in [0.15, 0.2) is 27.4 Å². The molecule has 0 aliphatic heterocycles. The third kappa shape index (κ3) is 1.70. The number of nitriles is 1. The molecular formula is C10H9N3O2. The number of aromatic amines is 1. The first-order valence-electron chi connectivity index (χ1n) is 4.41. The molecule has 1 aromatic heterocycles. The van der Waals surface area contributed by atoms with Gasteiger partial charge in [-0.1, -0.05) is 0 Å². The lowest BCUT2D eigenvalue weighted by Gasteiger charge is -2.14. The number of fused-ring (bicyclic) bond motifs is 1. The molecule has 0 amide bonds. The number of oxazole rings is 1. The first kappa shape index (κ1) is 9.34. The van der Waals surface area contributed by atoms with Gasteiger partial charge in [-0.05, 0) is 18.2 Å². The molecule has 2 rings (SSSR count). The molecule has 0 saturated heterocycles. The van der Waals surface area contributed by atoms with Gasteiger partial charge in [0.2, 0.25) is 0 Å². The van der Waals surface area contributed by atoms with Gasteiger partial charge in [0.15, 0.2) is 5.58 Å². The lowest BCUT2D eigenvalue weighted by molar-refractivity contribution is 0.555. The molecule has 1 N–H and O–H groups in total. The molecule has 2 aromatic rings. The highest BCUT2D eigenvalue weighted by Gasteiger charge is 2.04. The number of hydrogen-bond acceptors (Lipinski definition) is 4. The number of aromatic nitrogens is 1. The number of H-pyrrole nitrogens is 1. The van der Waals surface area contributed by atoms with Crippen LogP contribution in [0.5, 0.6) is 0 Å². The fourth-order valence-electron chi connectivity index (χ4n) is 1.37. The SMILES string of the molecule is CN(CC#N)c1ccc2oc(=O)[nH]c2c1. The highest BCUT2D eigenvalue weighted by Crippen LogP contribution is 2.18. The van der Waals surface area contributed by atoms with E-state index in [4.69, 9.17) is 9.68 Å². The van der Waals surface area contributed by atoms with Gasteiger partial charge in [0, 0.05) is 12.7 Å². The molecule has 5 heteroatoms. The van der Waals surface area contributed by atoms with E-state index in [2.05, 4.69) is 4.98 Å². The standard InChI is InChI=1S/C10H9N3O2/c1-13(5-4-11)7-2-3-9-8(6-7)12-10(14)15-9/h2-3,6H,5H2,1H3,(H,12,14). The maximum Gasteiger partial charge on any atom is 0.417 e. The molecule has 0 aliphatic carbocycles. The van der Waals surface area contributed by atoms with Crippen molar-refractivity contribution in [3.8, 4) is 6.07 Å². The normalized spacial score (nSPS) is 10.1. The Morgan fingerprint density at radius 2 is 2.40 bits per heavy atom. The Labute approximate surface area is 85.5 Å². The quantitative estimate of drug-likeness (QED) is 0.741. The van der Waals surface area contributed by atoms with Crippen LogP contribution in [0, 0.1) is 11.3 Å². The van der Waals surface area contributed by atoms with E-state index in [1.807, 2.05) is 13.1 Å². The minimum atomic E-state index is -0.468. The summed E-state index contributed by atoms with van der Waals surface area (Å²) in [4.78, 5) is 15.3. The smallest absolute Gasteiger partial charge is 0.408 e. The highest BCUT2D eigenvalue weighted by atomic mass is 16.4. The summed E-state index contributed by atoms with van der Waals surface area (Å²) in [5.41, 5.74) is 2.03. The topological polar surface area (TPSA) is 73.0 Å². The first-order chi connectivity index (χ1) is 7.20. The predicted molar refractivity (Wildman–Crippen MR) is 55.7 cm³/mol. The van der Waals surface area contributed by atoms with E-state index in [-0.39, 0.29) is 0 Å². The Balaban J connectivity index is 2.47. The van der Waals surface area contributed by atoms with E-state index < -0.39 is 5.76 Å². The summed E-state index contributed by atoms with van der Waals surface area (Å²) in [6.07, 6.45) is 0. The van der Waals surface area contributed by atoms with Crippen LogP contribution in [-0.4, -0.2) is 18.6 Å². The van der Waals surface area contributed by atoms with Crippen molar-refractivity contribution in [2.75, 3.05) is 18.5 Å². The average molecular weight is 203 g/mol. The van der Waals surface area contributed by atoms with Gasteiger partial charge in [-0.25, -0.2) is 4.79 Å². The molecule has 76 valence electrons. The number of rotatable bonds is 2. The fourth-order valence-corrected chi connectivity index (χ4v) is 1.37. The first-order valence-corrected chi connectivity index (χ1v) is 4.41. The molecule has 0 fully saturated rings. The lowest BCUT2D eigenvalue weighted by Crippen LogP contribution is -2.16. The summed E-state index contributed by atoms with van der Waals surface area (Å²) in [5, 5.41) is 8.55. The van der Waals surface area contributed by atoms with Crippen molar-refractivity contribution in [3.05, 3.63) is 28.7 Å². The van der Waals surface area contributed by atoms with Gasteiger partial charge in [0.1, 0.15) is 6.54 Å². The van der Waals surface area contributed by atoms with Crippen molar-refractivity contribution >= 4 is 16.8 Å². The number of anilines is 1. The lowest BCUT2D eigenvalue weighted by atomic mass is 10.2. The third-order valence-electron chi connectivity index (χ3n) is 2.15. The molecule has 5 nitrogen and oxygen atoms in total. The maximum absolute atomic E-state index is 10.9. The summed E-state index contributed by atoms with van der Waals surface area (Å²) < 4.78 is 4.87. The molecule has 0 bridgehead atoms. The summed E-state index contributed by atoms with van der Waals surface area (Å²) in [7, 11) is 1.81. The van der Waals surface area contributed by atoms with Crippen LogP contribution >= 0.6 is 0 Å². The van der Waals surface area contributed by atoms with Crippen LogP contribution in [0.1, 0.15) is 0 Å². The Hall–Kier alpha value is -2.22. The predicted octanol–water partition coefficient (Wildman–Crippen LogP) is 1.08. The highest BCUT2D eigenvalue weighted by molar-refractivity contribution is 5.77. The molecular weight excluding hydrogens is 194 g/mol. The van der Waals surface area contributed by atoms with Gasteiger partial charge in [-0.3, -0.25) is 4.98 Å². The van der Waals surface area contributed by atoms with E-state index in [1.165, 1.54) is 0 Å². The van der Waals surface area contributed by atoms with Crippen LogP contribution < -0.4 is 10.7 Å². The molecule has 0 atom stereocenters. The van der Waals surface area contributed by atoms with Gasteiger partial charge in [-0.2, -0.15) is 5.26 Å². The zero-order chi connectivity index (χ0) is 10.8. The van der Waals surface area contributed by atoms with Gasteiger partial charge in [0.05, 0.1) is 11.6 Å². The largest absolute Gasteiger partial charge is 0.417 e. The minimum absolute atomic E-state index is 0.299. The van der Waals surface area contributed by atoms with Gasteiger partial charge >= 0.3 is 5.76 Å². The zero-order valence-electron chi connectivity index (χ0n) is 8.15. The molecule has 0 spiro atoms. The van der Waals surface area contributed by atoms with Crippen LogP contribution in [0.25, 0.3) is 11.1 Å². The van der Waals surface area contributed by atoms with Gasteiger partial charge in [-0.15, -0.1) is 0 Å². The Morgan fingerprint density at radius 1 is 1.60 bits per heavy atom. The summed E-state index contributed by atoms with van der Waals surface area (Å²) in [5.74, 6) is -0.468. The van der Waals surface area contributed by atoms with Crippen molar-refractivity contribution in [1.29, 1.82) is 5.26 Å². The minimum Gasteiger partial charge on any atom is -0.408 e. The Kier molecular flexibility index (Phi) is 2.18. The van der Waals surface area contributed by atoms with Crippen LogP contribution in [0.4, 0.5) is 5.69 Å². The molecule has 1 heterocycles. The second kappa shape index (κ2) is 3.50. The molecule has 0 aliphatic rings. The van der Waals surface area contributed by atoms with E-state index in [0.717, 1.165) is 5.69 Å². The van der Waals surface area contributed by atoms with E-state index in [1.54, 1.807) is 23.1 Å². The van der Waals surface area contributed by atoms with E-state index >= 15 is 0 Å². The van der Waals surface area contributed by atoms with Crippen LogP contribution in [0.2, 0.25) is 0 Å². The number of hydrogen-bond donors (Lipinski definition) is 1. The molecule has 1 aromatic carbocycles. The van der Waals surface area contributed by atoms with Crippen LogP contribution in [0.3, 0.4) is 0 Å². The van der Waals surface area contributed by atoms with E-state index in [9.17, 15) is 4.79 Å². The van der Waals surface area contributed by atoms with Crippen molar-refractivity contribution in [3.63, 3.8) is 0 Å². The third-order valence-corrected chi connectivity index (χ3v) is 2.15. The van der Waals surface area contributed by atoms with E-state index in [0.29, 0.717) is 17.6 Å². The van der Waals surface area contributed by atoms with Crippen molar-refractivity contribution in [2.24, 2.45) is 0 Å². The van der Waals surface area contributed by atoms with Crippen LogP contribution in [-0.2, 0) is 0 Å². The second-order valence-corrected chi connectivity index (χ2v) is 3.21. The van der Waals surface area contributed by atoms with Crippen molar-refractivity contribution in [2.45, 2.75) is 0 Å². The molecule has 0 saturated carbocycles. The summed E-state index contributed by atoms with van der Waals surface area (Å²) in [6, 6.07) is 7.33. The van der Waals surface area contributed by atoms with Crippen molar-refractivity contribution < 1.29 is 4.42 Å². The Bertz CT molecular complexity index is 576. The zero-order valence-corrected chi connectivity index (χ0v) is 8.15. The van der Waals surface area contributed by atoms with Crippen molar-refractivity contribution in [1.82, 2.24) is 4.98 Å². The average Bonchev–Trinajstić information content (AvgIpc) is 2.57. The molecule has 0 unspecified atom stereocenters. The van der Waals surface area contributed by atoms with Gasteiger partial charge < -0.3 is 9.32 Å². The number of nitrogens with one attached hydrogen (secondary N) is 1. The summed E-state index contributed by atoms with van der Waals surface area (Å²) >= 11 is 0. The summed E-state index contributed by atoms with van der Waals surface area (Å²) in [6.45, 7) is 0.299. The van der Waals surface area contributed by atoms with Gasteiger partial charge in [0.25, 0.3) is 0 Å². The number of benzene rings is 1. The second-order valence-electron chi connectivity index (χ2n) is 3.21. The maximum atomic E-state index is 10.9. The monoisotopic (exact) mass is 203 g/mol. The fraction of sp³-hybridized carbons (Fsp3) is 0.200.